The number of aromatic nitrogens is 2. The minimum absolute atomic E-state index is 1.17. The zero-order chi connectivity index (χ0) is 13.1. The second-order valence-corrected chi connectivity index (χ2v) is 3.78. The number of unbranched alkanes of at least 4 members (excludes halogenated alkanes) is 2. The average Bonchev–Trinajstić information content (AvgIpc) is 2.70. The average molecular weight is 243 g/mol. The van der Waals surface area contributed by atoms with Gasteiger partial charge in [-0.25, -0.2) is 9.55 Å². The van der Waals surface area contributed by atoms with Gasteiger partial charge >= 0.3 is 0 Å². The van der Waals surface area contributed by atoms with Crippen molar-refractivity contribution in [1.82, 2.24) is 4.98 Å². The van der Waals surface area contributed by atoms with Crippen LogP contribution in [0.25, 0.3) is 0 Å². The molecule has 0 amide bonds. The van der Waals surface area contributed by atoms with Crippen molar-refractivity contribution in [3.05, 3.63) is 33.5 Å². The molecule has 0 saturated heterocycles. The molecule has 98 valence electrons. The van der Waals surface area contributed by atoms with Gasteiger partial charge in [0.25, 0.3) is 5.82 Å². The van der Waals surface area contributed by atoms with Gasteiger partial charge in [-0.3, -0.25) is 0 Å². The molecule has 0 spiro atoms. The van der Waals surface area contributed by atoms with E-state index in [-0.39, 0.29) is 0 Å². The van der Waals surface area contributed by atoms with E-state index < -0.39 is 5.09 Å². The predicted octanol–water partition coefficient (Wildman–Crippen LogP) is 2.21. The topological polar surface area (TPSA) is 85.9 Å². The molecule has 0 aliphatic carbocycles. The van der Waals surface area contributed by atoms with Gasteiger partial charge in [-0.1, -0.05) is 26.7 Å². The molecule has 0 radical (unpaired) electrons. The second kappa shape index (κ2) is 9.62. The molecule has 1 aromatic heterocycles. The van der Waals surface area contributed by atoms with Crippen molar-refractivity contribution in [2.75, 3.05) is 0 Å². The van der Waals surface area contributed by atoms with E-state index in [2.05, 4.69) is 29.6 Å². The van der Waals surface area contributed by atoms with Crippen LogP contribution in [0.5, 0.6) is 0 Å². The Hall–Kier alpha value is -1.59. The van der Waals surface area contributed by atoms with E-state index in [0.29, 0.717) is 0 Å². The molecule has 17 heavy (non-hydrogen) atoms. The number of aryl methyl sites for hydroxylation is 2. The summed E-state index contributed by atoms with van der Waals surface area (Å²) < 4.78 is 2.35. The zero-order valence-electron chi connectivity index (χ0n) is 10.5. The maximum Gasteiger partial charge on any atom is 0.254 e. The van der Waals surface area contributed by atoms with Gasteiger partial charge in [-0.15, -0.1) is 0 Å². The van der Waals surface area contributed by atoms with Gasteiger partial charge in [-0.05, 0) is 12.8 Å². The molecule has 0 saturated carbocycles. The summed E-state index contributed by atoms with van der Waals surface area (Å²) in [6, 6.07) is 0. The summed E-state index contributed by atoms with van der Waals surface area (Å²) in [6.07, 6.45) is 10.5. The highest BCUT2D eigenvalue weighted by Gasteiger charge is 2.07. The van der Waals surface area contributed by atoms with Crippen LogP contribution in [0.15, 0.2) is 12.4 Å². The Morgan fingerprint density at radius 1 is 1.29 bits per heavy atom. The maximum atomic E-state index is 8.25. The Balaban J connectivity index is 0.000000557. The molecule has 0 fully saturated rings. The molecule has 0 unspecified atom stereocenters. The third-order valence-electron chi connectivity index (χ3n) is 2.37. The van der Waals surface area contributed by atoms with Crippen LogP contribution in [-0.2, 0) is 13.0 Å². The molecule has 0 atom stereocenters. The van der Waals surface area contributed by atoms with Crippen LogP contribution < -0.4 is 4.57 Å². The van der Waals surface area contributed by atoms with Gasteiger partial charge in [-0.2, -0.15) is 0 Å². The van der Waals surface area contributed by atoms with Crippen LogP contribution in [0.3, 0.4) is 0 Å². The minimum atomic E-state index is -1.75. The van der Waals surface area contributed by atoms with Gasteiger partial charge in [0.1, 0.15) is 12.4 Å². The molecule has 1 heterocycles. The number of aromatic amines is 1. The van der Waals surface area contributed by atoms with E-state index >= 15 is 0 Å². The monoisotopic (exact) mass is 243 g/mol. The van der Waals surface area contributed by atoms with E-state index in [1.54, 1.807) is 0 Å². The Morgan fingerprint density at radius 2 is 1.88 bits per heavy atom. The van der Waals surface area contributed by atoms with Crippen molar-refractivity contribution < 1.29 is 9.65 Å². The molecular weight excluding hydrogens is 222 g/mol. The van der Waals surface area contributed by atoms with Gasteiger partial charge in [0.05, 0.1) is 11.6 Å². The number of rotatable bonds is 6. The molecule has 1 N–H and O–H groups in total. The second-order valence-electron chi connectivity index (χ2n) is 3.78. The lowest BCUT2D eigenvalue weighted by Crippen LogP contribution is -2.35. The molecule has 1 aromatic rings. The highest BCUT2D eigenvalue weighted by Crippen LogP contribution is 1.97. The normalized spacial score (nSPS) is 9.53. The third kappa shape index (κ3) is 8.24. The SMILES string of the molecule is CCCCc1[nH]cc[n+]1CCCC.O=[N+]([O-])[O-]. The molecule has 0 aromatic carbocycles. The largest absolute Gasteiger partial charge is 0.356 e. The molecule has 0 bridgehead atoms. The van der Waals surface area contributed by atoms with Crippen molar-refractivity contribution in [3.8, 4) is 0 Å². The first kappa shape index (κ1) is 15.4. The smallest absolute Gasteiger partial charge is 0.254 e. The number of nitrogens with one attached hydrogen (secondary N) is 1. The summed E-state index contributed by atoms with van der Waals surface area (Å²) >= 11 is 0. The Morgan fingerprint density at radius 3 is 2.41 bits per heavy atom. The van der Waals surface area contributed by atoms with Crippen molar-refractivity contribution in [1.29, 1.82) is 0 Å². The number of hydrogen-bond acceptors (Lipinski definition) is 3. The van der Waals surface area contributed by atoms with Gasteiger partial charge in [0.2, 0.25) is 0 Å². The van der Waals surface area contributed by atoms with Crippen LogP contribution in [0, 0.1) is 15.3 Å². The Kier molecular flexibility index (Phi) is 8.72. The summed E-state index contributed by atoms with van der Waals surface area (Å²) in [7, 11) is 0. The van der Waals surface area contributed by atoms with Crippen LogP contribution in [0.4, 0.5) is 0 Å². The van der Waals surface area contributed by atoms with Crippen molar-refractivity contribution in [2.45, 2.75) is 52.5 Å². The van der Waals surface area contributed by atoms with Crippen molar-refractivity contribution in [3.63, 3.8) is 0 Å². The summed E-state index contributed by atoms with van der Waals surface area (Å²) in [5.41, 5.74) is 0. The van der Waals surface area contributed by atoms with Gasteiger partial charge < -0.3 is 15.3 Å². The van der Waals surface area contributed by atoms with Crippen LogP contribution in [0.1, 0.15) is 45.4 Å². The fourth-order valence-electron chi connectivity index (χ4n) is 1.49. The van der Waals surface area contributed by atoms with E-state index in [1.807, 2.05) is 6.20 Å². The number of H-pyrrole nitrogens is 1. The summed E-state index contributed by atoms with van der Waals surface area (Å²) in [5.74, 6) is 1.38. The lowest BCUT2D eigenvalue weighted by molar-refractivity contribution is -0.703. The third-order valence-corrected chi connectivity index (χ3v) is 2.37. The summed E-state index contributed by atoms with van der Waals surface area (Å²) in [4.78, 5) is 11.6. The minimum Gasteiger partial charge on any atom is -0.356 e. The first-order valence-corrected chi connectivity index (χ1v) is 5.99. The number of hydrogen-bond donors (Lipinski definition) is 1. The predicted molar refractivity (Wildman–Crippen MR) is 64.9 cm³/mol. The summed E-state index contributed by atoms with van der Waals surface area (Å²) in [6.45, 7) is 5.64. The highest BCUT2D eigenvalue weighted by molar-refractivity contribution is 4.76. The Bertz CT molecular complexity index is 286. The first-order valence-electron chi connectivity index (χ1n) is 5.99. The summed E-state index contributed by atoms with van der Waals surface area (Å²) in [5, 5.41) is 14.8. The van der Waals surface area contributed by atoms with E-state index in [1.165, 1.54) is 44.5 Å². The zero-order valence-corrected chi connectivity index (χ0v) is 10.5. The maximum absolute atomic E-state index is 8.25. The van der Waals surface area contributed by atoms with E-state index in [4.69, 9.17) is 15.3 Å². The molecule has 0 aliphatic heterocycles. The fraction of sp³-hybridized carbons (Fsp3) is 0.727. The standard InChI is InChI=1S/C11H20N2.NO3/c1-3-5-7-11-12-8-10-13(11)9-6-4-2;2-1(3)4/h8,10H,3-7,9H2,1-2H3;/q;-1/p+1. The van der Waals surface area contributed by atoms with Crippen LogP contribution in [0.2, 0.25) is 0 Å². The lowest BCUT2D eigenvalue weighted by atomic mass is 10.2. The molecule has 0 aliphatic rings. The lowest BCUT2D eigenvalue weighted by Gasteiger charge is -1.98. The Labute approximate surface area is 101 Å². The first-order chi connectivity index (χ1) is 8.11. The van der Waals surface area contributed by atoms with Gasteiger partial charge in [0.15, 0.2) is 0 Å². The van der Waals surface area contributed by atoms with Crippen molar-refractivity contribution >= 4 is 0 Å². The molecule has 6 heteroatoms. The van der Waals surface area contributed by atoms with Crippen LogP contribution in [-0.4, -0.2) is 10.1 Å². The number of nitrogens with zero attached hydrogens (tertiary/aromatic N) is 2. The molecule has 6 nitrogen and oxygen atoms in total. The molecule has 1 rings (SSSR count). The van der Waals surface area contributed by atoms with Crippen molar-refractivity contribution in [2.24, 2.45) is 0 Å². The van der Waals surface area contributed by atoms with Gasteiger partial charge in [0, 0.05) is 6.42 Å². The molecular formula is C11H21N3O3. The van der Waals surface area contributed by atoms with Crippen LogP contribution >= 0.6 is 0 Å². The quantitative estimate of drug-likeness (QED) is 0.472. The highest BCUT2D eigenvalue weighted by atomic mass is 16.9. The van der Waals surface area contributed by atoms with E-state index in [9.17, 15) is 0 Å². The van der Waals surface area contributed by atoms with E-state index in [0.717, 1.165) is 0 Å². The number of imidazole rings is 1. The fourth-order valence-corrected chi connectivity index (χ4v) is 1.49.